The van der Waals surface area contributed by atoms with Crippen molar-refractivity contribution in [1.82, 2.24) is 4.90 Å². The topological polar surface area (TPSA) is 71.0 Å². The van der Waals surface area contributed by atoms with Crippen LogP contribution in [0.4, 0.5) is 4.39 Å². The summed E-state index contributed by atoms with van der Waals surface area (Å²) in [5.74, 6) is -1.50. The first kappa shape index (κ1) is 18.6. The molecule has 1 aliphatic rings. The van der Waals surface area contributed by atoms with E-state index in [0.717, 1.165) is 0 Å². The first-order valence-corrected chi connectivity index (χ1v) is 7.69. The van der Waals surface area contributed by atoms with Gasteiger partial charge in [0, 0.05) is 24.0 Å². The summed E-state index contributed by atoms with van der Waals surface area (Å²) in [6.45, 7) is 8.15. The van der Waals surface area contributed by atoms with Crippen molar-refractivity contribution in [3.8, 4) is 0 Å². The third kappa shape index (κ3) is 7.52. The molecule has 0 aromatic heterocycles. The van der Waals surface area contributed by atoms with Crippen LogP contribution in [0.5, 0.6) is 0 Å². The molecule has 0 saturated carbocycles. The standard InChI is InChI=1S/C13H16FNO2.C4H11N/c14-12-4-2-1-3-11(12)9-15-7-5-10(6-8-15)13(16)17;1-4(2,3)5/h1-4,10H,5-9H2,(H,16,17);5H2,1-3H3. The molecule has 1 aromatic carbocycles. The Bertz CT molecular complexity index is 472. The highest BCUT2D eigenvalue weighted by Gasteiger charge is 2.20. The van der Waals surface area contributed by atoms with Gasteiger partial charge in [0.25, 0.3) is 0 Å². The maximum Gasteiger partial charge on any atom is 0.127 e. The van der Waals surface area contributed by atoms with E-state index in [-0.39, 0.29) is 17.3 Å². The second kappa shape index (κ2) is 8.25. The van der Waals surface area contributed by atoms with E-state index in [1.165, 1.54) is 6.07 Å². The molecule has 5 heteroatoms. The average molecular weight is 310 g/mol. The Kier molecular flexibility index (Phi) is 6.97. The van der Waals surface area contributed by atoms with E-state index >= 15 is 0 Å². The number of carbonyl (C=O) groups excluding carboxylic acids is 1. The predicted octanol–water partition coefficient (Wildman–Crippen LogP) is 0.814. The number of aliphatic carboxylic acids is 1. The molecule has 1 fully saturated rings. The van der Waals surface area contributed by atoms with Crippen LogP contribution < -0.4 is 10.8 Å². The molecular weight excluding hydrogens is 283 g/mol. The molecule has 0 bridgehead atoms. The van der Waals surface area contributed by atoms with Gasteiger partial charge in [-0.3, -0.25) is 4.90 Å². The van der Waals surface area contributed by atoms with E-state index in [0.29, 0.717) is 38.0 Å². The highest BCUT2D eigenvalue weighted by Crippen LogP contribution is 2.19. The fourth-order valence-electron chi connectivity index (χ4n) is 2.19. The van der Waals surface area contributed by atoms with Gasteiger partial charge >= 0.3 is 0 Å². The second-order valence-corrected chi connectivity index (χ2v) is 7.02. The second-order valence-electron chi connectivity index (χ2n) is 7.02. The van der Waals surface area contributed by atoms with Crippen molar-refractivity contribution in [3.63, 3.8) is 0 Å². The highest BCUT2D eigenvalue weighted by molar-refractivity contribution is 5.67. The summed E-state index contributed by atoms with van der Waals surface area (Å²) in [6.07, 6.45) is 1.19. The van der Waals surface area contributed by atoms with E-state index in [1.54, 1.807) is 12.1 Å². The number of quaternary nitrogens is 1. The number of benzene rings is 1. The molecule has 0 radical (unpaired) electrons. The lowest BCUT2D eigenvalue weighted by molar-refractivity contribution is -0.458. The minimum atomic E-state index is -0.962. The summed E-state index contributed by atoms with van der Waals surface area (Å²) in [7, 11) is 0. The Morgan fingerprint density at radius 1 is 1.32 bits per heavy atom. The number of halogens is 1. The largest absolute Gasteiger partial charge is 0.550 e. The molecule has 4 nitrogen and oxygen atoms in total. The molecular formula is C17H27FN2O2. The van der Waals surface area contributed by atoms with Crippen molar-refractivity contribution in [2.24, 2.45) is 5.92 Å². The van der Waals surface area contributed by atoms with Gasteiger partial charge in [-0.25, -0.2) is 4.39 Å². The summed E-state index contributed by atoms with van der Waals surface area (Å²) in [4.78, 5) is 12.8. The smallest absolute Gasteiger partial charge is 0.127 e. The molecule has 1 heterocycles. The number of likely N-dealkylation sites (tertiary alicyclic amines) is 1. The fourth-order valence-corrected chi connectivity index (χ4v) is 2.19. The molecule has 22 heavy (non-hydrogen) atoms. The number of hydrogen-bond acceptors (Lipinski definition) is 3. The monoisotopic (exact) mass is 310 g/mol. The van der Waals surface area contributed by atoms with Crippen molar-refractivity contribution >= 4 is 5.97 Å². The van der Waals surface area contributed by atoms with Crippen molar-refractivity contribution in [1.29, 1.82) is 0 Å². The van der Waals surface area contributed by atoms with E-state index < -0.39 is 5.97 Å². The van der Waals surface area contributed by atoms with Crippen molar-refractivity contribution < 1.29 is 20.0 Å². The zero-order chi connectivity index (χ0) is 16.8. The fraction of sp³-hybridized carbons (Fsp3) is 0.588. The lowest BCUT2D eigenvalue weighted by Crippen LogP contribution is -2.67. The van der Waals surface area contributed by atoms with Crippen molar-refractivity contribution in [3.05, 3.63) is 35.6 Å². The van der Waals surface area contributed by atoms with E-state index in [2.05, 4.69) is 31.4 Å². The van der Waals surface area contributed by atoms with Crippen LogP contribution in [0, 0.1) is 11.7 Å². The summed E-state index contributed by atoms with van der Waals surface area (Å²) >= 11 is 0. The third-order valence-electron chi connectivity index (χ3n) is 3.27. The Hall–Kier alpha value is -1.46. The molecule has 124 valence electrons. The van der Waals surface area contributed by atoms with Crippen LogP contribution in [0.15, 0.2) is 24.3 Å². The van der Waals surface area contributed by atoms with Gasteiger partial charge in [0.2, 0.25) is 0 Å². The zero-order valence-corrected chi connectivity index (χ0v) is 13.8. The molecule has 1 aliphatic heterocycles. The van der Waals surface area contributed by atoms with Gasteiger partial charge in [0.15, 0.2) is 0 Å². The van der Waals surface area contributed by atoms with Crippen LogP contribution >= 0.6 is 0 Å². The lowest BCUT2D eigenvalue weighted by atomic mass is 9.97. The van der Waals surface area contributed by atoms with Crippen LogP contribution in [0.1, 0.15) is 39.2 Å². The Balaban J connectivity index is 0.000000422. The lowest BCUT2D eigenvalue weighted by Gasteiger charge is -2.32. The molecule has 1 aromatic rings. The van der Waals surface area contributed by atoms with Crippen LogP contribution in [0.3, 0.4) is 0 Å². The van der Waals surface area contributed by atoms with E-state index in [4.69, 9.17) is 0 Å². The Morgan fingerprint density at radius 2 is 1.82 bits per heavy atom. The summed E-state index contributed by atoms with van der Waals surface area (Å²) in [5.41, 5.74) is 4.69. The minimum Gasteiger partial charge on any atom is -0.550 e. The first-order valence-electron chi connectivity index (χ1n) is 7.69. The molecule has 0 unspecified atom stereocenters. The molecule has 2 rings (SSSR count). The number of hydrogen-bond donors (Lipinski definition) is 1. The Labute approximate surface area is 132 Å². The van der Waals surface area contributed by atoms with Crippen molar-refractivity contribution in [2.45, 2.75) is 45.7 Å². The quantitative estimate of drug-likeness (QED) is 0.898. The highest BCUT2D eigenvalue weighted by atomic mass is 19.1. The third-order valence-corrected chi connectivity index (χ3v) is 3.27. The first-order chi connectivity index (χ1) is 10.2. The predicted molar refractivity (Wildman–Crippen MR) is 82.0 cm³/mol. The number of piperidine rings is 1. The van der Waals surface area contributed by atoms with Gasteiger partial charge in [-0.2, -0.15) is 0 Å². The normalized spacial score (nSPS) is 16.8. The SMILES string of the molecule is CC(C)(C)[NH3+].O=C([O-])C1CCN(Cc2ccccc2F)CC1. The average Bonchev–Trinajstić information content (AvgIpc) is 2.40. The zero-order valence-electron chi connectivity index (χ0n) is 13.8. The van der Waals surface area contributed by atoms with Gasteiger partial charge in [0.05, 0.1) is 5.54 Å². The van der Waals surface area contributed by atoms with E-state index in [9.17, 15) is 14.3 Å². The van der Waals surface area contributed by atoms with Gasteiger partial charge in [-0.15, -0.1) is 0 Å². The van der Waals surface area contributed by atoms with Crippen molar-refractivity contribution in [2.75, 3.05) is 13.1 Å². The maximum atomic E-state index is 13.4. The van der Waals surface area contributed by atoms with Gasteiger partial charge in [-0.05, 0) is 52.8 Å². The number of carboxylic acids is 1. The van der Waals surface area contributed by atoms with Gasteiger partial charge in [0.1, 0.15) is 5.82 Å². The summed E-state index contributed by atoms with van der Waals surface area (Å²) < 4.78 is 13.4. The van der Waals surface area contributed by atoms with Crippen LogP contribution in [-0.2, 0) is 11.3 Å². The maximum absolute atomic E-state index is 13.4. The summed E-state index contributed by atoms with van der Waals surface area (Å²) in [6, 6.07) is 6.69. The summed E-state index contributed by atoms with van der Waals surface area (Å²) in [5, 5.41) is 10.7. The molecule has 0 spiro atoms. The minimum absolute atomic E-state index is 0.200. The van der Waals surface area contributed by atoms with E-state index in [1.807, 2.05) is 6.07 Å². The van der Waals surface area contributed by atoms with Gasteiger partial charge in [-0.1, -0.05) is 18.2 Å². The molecule has 0 aliphatic carbocycles. The molecule has 0 amide bonds. The van der Waals surface area contributed by atoms with Gasteiger partial charge < -0.3 is 15.6 Å². The number of rotatable bonds is 3. The van der Waals surface area contributed by atoms with Crippen LogP contribution in [0.2, 0.25) is 0 Å². The molecule has 3 N–H and O–H groups in total. The number of carboxylic acid groups (broad SMARTS) is 1. The Morgan fingerprint density at radius 3 is 2.27 bits per heavy atom. The number of nitrogens with zero attached hydrogens (tertiary/aromatic N) is 1. The molecule has 1 saturated heterocycles. The number of carbonyl (C=O) groups is 1. The molecule has 0 atom stereocenters. The van der Waals surface area contributed by atoms with Crippen LogP contribution in [0.25, 0.3) is 0 Å². The van der Waals surface area contributed by atoms with Crippen LogP contribution in [-0.4, -0.2) is 29.5 Å².